The van der Waals surface area contributed by atoms with Crippen LogP contribution in [0.15, 0.2) is 42.5 Å². The summed E-state index contributed by atoms with van der Waals surface area (Å²) in [6, 6.07) is 11.0. The van der Waals surface area contributed by atoms with Crippen LogP contribution in [-0.2, 0) is 11.3 Å². The van der Waals surface area contributed by atoms with E-state index in [1.165, 1.54) is 0 Å². The maximum absolute atomic E-state index is 14.2. The van der Waals surface area contributed by atoms with E-state index in [2.05, 4.69) is 15.5 Å². The smallest absolute Gasteiger partial charge is 0.335 e. The van der Waals surface area contributed by atoms with Gasteiger partial charge in [0, 0.05) is 43.9 Å². The van der Waals surface area contributed by atoms with E-state index in [9.17, 15) is 24.6 Å². The second kappa shape index (κ2) is 17.1. The van der Waals surface area contributed by atoms with Crippen molar-refractivity contribution in [2.45, 2.75) is 84.7 Å². The molecule has 4 N–H and O–H groups in total. The Kier molecular flexibility index (Phi) is 13.6. The van der Waals surface area contributed by atoms with Crippen LogP contribution in [0, 0.1) is 5.92 Å². The topological polar surface area (TPSA) is 141 Å². The van der Waals surface area contributed by atoms with E-state index in [4.69, 9.17) is 9.47 Å². The first-order valence-corrected chi connectivity index (χ1v) is 15.8. The molecule has 0 fully saturated rings. The number of aliphatic hydroxyl groups excluding tert-OH is 1. The van der Waals surface area contributed by atoms with Gasteiger partial charge in [-0.1, -0.05) is 19.1 Å². The number of ether oxygens (including phenoxy) is 2. The molecule has 0 radical (unpaired) electrons. The fraction of sp³-hybridized carbons (Fsp3) is 0.559. The number of benzene rings is 2. The van der Waals surface area contributed by atoms with Crippen molar-refractivity contribution in [1.82, 2.24) is 15.1 Å². The van der Waals surface area contributed by atoms with Gasteiger partial charge in [0.1, 0.15) is 5.75 Å². The highest BCUT2D eigenvalue weighted by molar-refractivity contribution is 5.99. The van der Waals surface area contributed by atoms with Gasteiger partial charge < -0.3 is 35.2 Å². The molecule has 0 spiro atoms. The summed E-state index contributed by atoms with van der Waals surface area (Å²) in [6.07, 6.45) is 2.16. The van der Waals surface area contributed by atoms with Crippen LogP contribution in [0.2, 0.25) is 0 Å². The maximum atomic E-state index is 14.2. The molecular weight excluding hydrogens is 576 g/mol. The molecule has 0 aliphatic carbocycles. The Labute approximate surface area is 266 Å². The summed E-state index contributed by atoms with van der Waals surface area (Å²) in [5, 5.41) is 25.0. The molecule has 0 bridgehead atoms. The highest BCUT2D eigenvalue weighted by Crippen LogP contribution is 2.28. The van der Waals surface area contributed by atoms with Gasteiger partial charge in [-0.3, -0.25) is 9.69 Å². The van der Waals surface area contributed by atoms with Crippen molar-refractivity contribution in [2.75, 3.05) is 38.7 Å². The summed E-state index contributed by atoms with van der Waals surface area (Å²) in [5.41, 5.74) is 2.00. The summed E-state index contributed by atoms with van der Waals surface area (Å²) < 4.78 is 12.7. The summed E-state index contributed by atoms with van der Waals surface area (Å²) in [6.45, 7) is 11.4. The van der Waals surface area contributed by atoms with Gasteiger partial charge in [-0.05, 0) is 89.9 Å². The number of anilines is 1. The first-order valence-electron chi connectivity index (χ1n) is 15.8. The number of carbonyl (C=O) groups is 3. The van der Waals surface area contributed by atoms with E-state index >= 15 is 0 Å². The average Bonchev–Trinajstić information content (AvgIpc) is 2.98. The Hall–Kier alpha value is -3.67. The molecule has 0 saturated heterocycles. The highest BCUT2D eigenvalue weighted by atomic mass is 16.5. The van der Waals surface area contributed by atoms with Gasteiger partial charge in [0.05, 0.1) is 36.0 Å². The van der Waals surface area contributed by atoms with Crippen molar-refractivity contribution in [3.8, 4) is 5.75 Å². The van der Waals surface area contributed by atoms with E-state index in [0.29, 0.717) is 43.2 Å². The predicted molar refractivity (Wildman–Crippen MR) is 174 cm³/mol. The molecule has 2 aromatic carbocycles. The number of carboxylic acids is 1. The van der Waals surface area contributed by atoms with Crippen molar-refractivity contribution in [2.24, 2.45) is 5.92 Å². The molecule has 1 aliphatic rings. The van der Waals surface area contributed by atoms with E-state index in [1.807, 2.05) is 46.9 Å². The SMILES string of the molecule is CC(C)NC(=O)Nc1ccc2c(c1)C(=O)N([C@H](C)CO)C[C@H](C)[C@H](CN(C)Cc1ccc(C(=O)O)cc1)OCCCC[C@H](C)O2. The zero-order valence-electron chi connectivity index (χ0n) is 27.4. The Morgan fingerprint density at radius 3 is 2.44 bits per heavy atom. The maximum Gasteiger partial charge on any atom is 0.335 e. The highest BCUT2D eigenvalue weighted by Gasteiger charge is 2.30. The number of hydrogen-bond donors (Lipinski definition) is 4. The molecule has 3 rings (SSSR count). The van der Waals surface area contributed by atoms with Crippen LogP contribution in [0.5, 0.6) is 5.75 Å². The van der Waals surface area contributed by atoms with E-state index < -0.39 is 12.0 Å². The van der Waals surface area contributed by atoms with Gasteiger partial charge >= 0.3 is 12.0 Å². The minimum atomic E-state index is -0.958. The Balaban J connectivity index is 1.88. The van der Waals surface area contributed by atoms with Gasteiger partial charge in [0.2, 0.25) is 0 Å². The van der Waals surface area contributed by atoms with Crippen molar-refractivity contribution >= 4 is 23.6 Å². The number of aromatic carboxylic acids is 1. The minimum absolute atomic E-state index is 0.0535. The third-order valence-electron chi connectivity index (χ3n) is 7.87. The average molecular weight is 627 g/mol. The number of rotatable bonds is 9. The number of carbonyl (C=O) groups excluding carboxylic acids is 2. The van der Waals surface area contributed by atoms with E-state index in [0.717, 1.165) is 24.8 Å². The van der Waals surface area contributed by atoms with Crippen LogP contribution in [0.1, 0.15) is 80.2 Å². The van der Waals surface area contributed by atoms with Crippen LogP contribution in [-0.4, -0.2) is 95.6 Å². The second-order valence-corrected chi connectivity index (χ2v) is 12.5. The molecule has 0 unspecified atom stereocenters. The summed E-state index contributed by atoms with van der Waals surface area (Å²) in [7, 11) is 1.99. The number of likely N-dealkylation sites (N-methyl/N-ethyl adjacent to an activating group) is 1. The Morgan fingerprint density at radius 1 is 1.09 bits per heavy atom. The van der Waals surface area contributed by atoms with Crippen molar-refractivity contribution in [3.63, 3.8) is 0 Å². The largest absolute Gasteiger partial charge is 0.490 e. The number of fused-ring (bicyclic) bond motifs is 1. The zero-order valence-corrected chi connectivity index (χ0v) is 27.4. The molecule has 11 heteroatoms. The molecule has 45 heavy (non-hydrogen) atoms. The fourth-order valence-corrected chi connectivity index (χ4v) is 5.33. The van der Waals surface area contributed by atoms with Crippen molar-refractivity contribution in [1.29, 1.82) is 0 Å². The van der Waals surface area contributed by atoms with Gasteiger partial charge in [0.15, 0.2) is 0 Å². The molecule has 11 nitrogen and oxygen atoms in total. The van der Waals surface area contributed by atoms with Crippen LogP contribution < -0.4 is 15.4 Å². The molecule has 248 valence electrons. The number of nitrogens with zero attached hydrogens (tertiary/aromatic N) is 2. The first-order chi connectivity index (χ1) is 21.4. The lowest BCUT2D eigenvalue weighted by Gasteiger charge is -2.36. The van der Waals surface area contributed by atoms with Crippen LogP contribution in [0.4, 0.5) is 10.5 Å². The molecule has 4 atom stereocenters. The van der Waals surface area contributed by atoms with E-state index in [1.54, 1.807) is 42.2 Å². The van der Waals surface area contributed by atoms with E-state index in [-0.39, 0.29) is 48.3 Å². The predicted octanol–water partition coefficient (Wildman–Crippen LogP) is 4.84. The van der Waals surface area contributed by atoms with Crippen LogP contribution in [0.3, 0.4) is 0 Å². The normalized spacial score (nSPS) is 20.6. The number of carboxylic acid groups (broad SMARTS) is 1. The monoisotopic (exact) mass is 626 g/mol. The van der Waals surface area contributed by atoms with Gasteiger partial charge in [-0.2, -0.15) is 0 Å². The van der Waals surface area contributed by atoms with Crippen LogP contribution >= 0.6 is 0 Å². The molecular formula is C34H50N4O7. The molecule has 0 saturated carbocycles. The molecule has 0 aromatic heterocycles. The second-order valence-electron chi connectivity index (χ2n) is 12.5. The number of urea groups is 1. The molecule has 3 amide bonds. The quantitative estimate of drug-likeness (QED) is 0.310. The third kappa shape index (κ3) is 11.0. The number of aliphatic hydroxyl groups is 1. The standard InChI is InChI=1S/C34H50N4O7/c1-22(2)35-34(43)36-28-14-15-30-29(17-28)32(40)38(24(4)21-39)18-23(3)31(44-16-8-7-9-25(5)45-30)20-37(6)19-26-10-12-27(13-11-26)33(41)42/h10-15,17,22-25,31,39H,7-9,16,18-21H2,1-6H3,(H,41,42)(H2,35,36,43)/t23-,24+,25-,31-/m0/s1. The lowest BCUT2D eigenvalue weighted by molar-refractivity contribution is -0.0177. The Morgan fingerprint density at radius 2 is 1.80 bits per heavy atom. The molecule has 1 aliphatic heterocycles. The van der Waals surface area contributed by atoms with Crippen molar-refractivity contribution in [3.05, 3.63) is 59.2 Å². The first kappa shape index (κ1) is 35.8. The number of hydrogen-bond acceptors (Lipinski definition) is 7. The summed E-state index contributed by atoms with van der Waals surface area (Å²) >= 11 is 0. The molecule has 1 heterocycles. The minimum Gasteiger partial charge on any atom is -0.490 e. The lowest BCUT2D eigenvalue weighted by Crippen LogP contribution is -2.47. The zero-order chi connectivity index (χ0) is 33.1. The number of amides is 3. The van der Waals surface area contributed by atoms with Gasteiger partial charge in [0.25, 0.3) is 5.91 Å². The van der Waals surface area contributed by atoms with Gasteiger partial charge in [-0.25, -0.2) is 9.59 Å². The third-order valence-corrected chi connectivity index (χ3v) is 7.87. The molecule has 2 aromatic rings. The summed E-state index contributed by atoms with van der Waals surface area (Å²) in [4.78, 5) is 41.7. The van der Waals surface area contributed by atoms with Crippen LogP contribution in [0.25, 0.3) is 0 Å². The number of nitrogens with one attached hydrogen (secondary N) is 2. The fourth-order valence-electron chi connectivity index (χ4n) is 5.33. The Bertz CT molecular complexity index is 1270. The lowest BCUT2D eigenvalue weighted by atomic mass is 10.0. The van der Waals surface area contributed by atoms with Crippen molar-refractivity contribution < 1.29 is 34.1 Å². The summed E-state index contributed by atoms with van der Waals surface area (Å²) in [5.74, 6) is -0.922. The van der Waals surface area contributed by atoms with Gasteiger partial charge in [-0.15, -0.1) is 0 Å².